The zero-order chi connectivity index (χ0) is 22.8. The second kappa shape index (κ2) is 9.46. The fourth-order valence-electron chi connectivity index (χ4n) is 3.46. The maximum Gasteiger partial charge on any atom is 0.252 e. The molecule has 1 amide bonds. The Bertz CT molecular complexity index is 1250. The van der Waals surface area contributed by atoms with Gasteiger partial charge in [0.2, 0.25) is 20.0 Å². The highest BCUT2D eigenvalue weighted by atomic mass is 32.2. The van der Waals surface area contributed by atoms with Crippen LogP contribution in [-0.2, 0) is 36.1 Å². The van der Waals surface area contributed by atoms with Crippen LogP contribution in [0.5, 0.6) is 0 Å². The smallest absolute Gasteiger partial charge is 0.252 e. The Morgan fingerprint density at radius 1 is 1.32 bits per heavy atom. The van der Waals surface area contributed by atoms with Gasteiger partial charge in [-0.25, -0.2) is 26.3 Å². The fourth-order valence-corrected chi connectivity index (χ4v) is 6.09. The van der Waals surface area contributed by atoms with Gasteiger partial charge in [0.25, 0.3) is 5.91 Å². The number of piperidine rings is 1. The minimum Gasteiger partial charge on any atom is -0.380 e. The predicted molar refractivity (Wildman–Crippen MR) is 117 cm³/mol. The first-order valence-corrected chi connectivity index (χ1v) is 14.0. The van der Waals surface area contributed by atoms with Gasteiger partial charge in [0, 0.05) is 26.2 Å². The number of fused-ring (bicyclic) bond motifs is 1. The molecule has 1 aromatic heterocycles. The molecular formula is C18H26N4O6S3. The zero-order valence-corrected chi connectivity index (χ0v) is 19.8. The van der Waals surface area contributed by atoms with Gasteiger partial charge in [0.05, 0.1) is 33.9 Å². The first-order valence-electron chi connectivity index (χ1n) is 9.78. The normalized spacial score (nSPS) is 19.2. The molecular weight excluding hydrogens is 464 g/mol. The number of rotatable bonds is 7. The number of carbonyl (C=O) groups excluding carboxylic acids is 1. The minimum atomic E-state index is -3.87. The van der Waals surface area contributed by atoms with Crippen molar-refractivity contribution >= 4 is 47.5 Å². The molecule has 3 rings (SSSR count). The predicted octanol–water partition coefficient (Wildman–Crippen LogP) is 0.486. The first kappa shape index (κ1) is 24.0. The van der Waals surface area contributed by atoms with Crippen molar-refractivity contribution < 1.29 is 26.4 Å². The number of carbonyl (C=O) groups is 1. The molecule has 1 unspecified atom stereocenters. The number of nitrogens with two attached hydrogens (primary N) is 1. The van der Waals surface area contributed by atoms with E-state index in [0.29, 0.717) is 54.2 Å². The second-order valence-corrected chi connectivity index (χ2v) is 11.9. The average Bonchev–Trinajstić information content (AvgIpc) is 3.03. The molecule has 0 bridgehead atoms. The summed E-state index contributed by atoms with van der Waals surface area (Å²) < 4.78 is 56.3. The summed E-state index contributed by atoms with van der Waals surface area (Å²) in [5.41, 5.74) is 0.713. The molecule has 0 radical (unpaired) electrons. The summed E-state index contributed by atoms with van der Waals surface area (Å²) in [6, 6.07) is 4.51. The molecule has 31 heavy (non-hydrogen) atoms. The maximum atomic E-state index is 12.9. The van der Waals surface area contributed by atoms with E-state index < -0.39 is 31.9 Å². The minimum absolute atomic E-state index is 0.0211. The van der Waals surface area contributed by atoms with E-state index in [0.717, 1.165) is 6.26 Å². The highest BCUT2D eigenvalue weighted by Gasteiger charge is 2.30. The van der Waals surface area contributed by atoms with E-state index in [1.54, 1.807) is 10.6 Å². The number of hydrogen-bond acceptors (Lipinski definition) is 7. The SMILES string of the molecule is CCOCCn1c(=NC(=O)C2CCCN(S(C)(=O)=O)C2)sc2cc(S(N)(=O)=O)ccc21. The van der Waals surface area contributed by atoms with Crippen molar-refractivity contribution in [2.45, 2.75) is 31.2 Å². The van der Waals surface area contributed by atoms with E-state index in [2.05, 4.69) is 4.99 Å². The van der Waals surface area contributed by atoms with Crippen molar-refractivity contribution in [3.63, 3.8) is 0 Å². The molecule has 172 valence electrons. The van der Waals surface area contributed by atoms with E-state index in [1.165, 1.54) is 27.8 Å². The summed E-state index contributed by atoms with van der Waals surface area (Å²) in [4.78, 5) is 17.6. The third-order valence-electron chi connectivity index (χ3n) is 5.05. The number of hydrogen-bond donors (Lipinski definition) is 1. The van der Waals surface area contributed by atoms with Crippen LogP contribution in [0, 0.1) is 5.92 Å². The fraction of sp³-hybridized carbons (Fsp3) is 0.556. The van der Waals surface area contributed by atoms with E-state index in [4.69, 9.17) is 9.88 Å². The number of aromatic nitrogens is 1. The molecule has 1 aliphatic rings. The zero-order valence-electron chi connectivity index (χ0n) is 17.4. The molecule has 1 saturated heterocycles. The monoisotopic (exact) mass is 490 g/mol. The molecule has 2 aromatic rings. The third-order valence-corrected chi connectivity index (χ3v) is 8.28. The van der Waals surface area contributed by atoms with Crippen molar-refractivity contribution in [3.05, 3.63) is 23.0 Å². The first-order chi connectivity index (χ1) is 14.5. The molecule has 13 heteroatoms. The standard InChI is InChI=1S/C18H26N4O6S3/c1-3-28-10-9-22-15-7-6-14(31(19,26)27)11-16(15)29-18(22)20-17(23)13-5-4-8-21(12-13)30(2,24)25/h6-7,11,13H,3-5,8-10,12H2,1-2H3,(H2,19,26,27). The van der Waals surface area contributed by atoms with Gasteiger partial charge in [-0.05, 0) is 38.0 Å². The highest BCUT2D eigenvalue weighted by molar-refractivity contribution is 7.89. The largest absolute Gasteiger partial charge is 0.380 e. The molecule has 1 aromatic carbocycles. The van der Waals surface area contributed by atoms with Crippen LogP contribution < -0.4 is 9.94 Å². The van der Waals surface area contributed by atoms with Crippen LogP contribution in [0.4, 0.5) is 0 Å². The van der Waals surface area contributed by atoms with Gasteiger partial charge in [-0.15, -0.1) is 0 Å². The summed E-state index contributed by atoms with van der Waals surface area (Å²) in [5, 5.41) is 5.24. The molecule has 1 aliphatic heterocycles. The summed E-state index contributed by atoms with van der Waals surface area (Å²) >= 11 is 1.18. The molecule has 2 N–H and O–H groups in total. The molecule has 0 spiro atoms. The maximum absolute atomic E-state index is 12.9. The van der Waals surface area contributed by atoms with Crippen molar-refractivity contribution in [2.24, 2.45) is 16.0 Å². The number of primary sulfonamides is 1. The van der Waals surface area contributed by atoms with Crippen LogP contribution >= 0.6 is 11.3 Å². The van der Waals surface area contributed by atoms with Gasteiger partial charge in [-0.1, -0.05) is 11.3 Å². The molecule has 2 heterocycles. The lowest BCUT2D eigenvalue weighted by Crippen LogP contribution is -2.41. The Labute approximate surface area is 185 Å². The Balaban J connectivity index is 2.01. The van der Waals surface area contributed by atoms with Gasteiger partial charge in [0.15, 0.2) is 4.80 Å². The quantitative estimate of drug-likeness (QED) is 0.560. The Hall–Kier alpha value is -1.64. The van der Waals surface area contributed by atoms with Crippen molar-refractivity contribution in [3.8, 4) is 0 Å². The summed E-state index contributed by atoms with van der Waals surface area (Å²) in [5.74, 6) is -0.911. The molecule has 10 nitrogen and oxygen atoms in total. The summed E-state index contributed by atoms with van der Waals surface area (Å²) in [6.45, 7) is 3.74. The summed E-state index contributed by atoms with van der Waals surface area (Å²) in [7, 11) is -7.24. The van der Waals surface area contributed by atoms with E-state index in [1.807, 2.05) is 6.92 Å². The number of nitrogens with zero attached hydrogens (tertiary/aromatic N) is 3. The van der Waals surface area contributed by atoms with Crippen LogP contribution in [-0.4, -0.2) is 64.2 Å². The van der Waals surface area contributed by atoms with Crippen LogP contribution in [0.2, 0.25) is 0 Å². The van der Waals surface area contributed by atoms with E-state index >= 15 is 0 Å². The van der Waals surface area contributed by atoms with Gasteiger partial charge in [-0.2, -0.15) is 4.99 Å². The Morgan fingerprint density at radius 3 is 2.71 bits per heavy atom. The highest BCUT2D eigenvalue weighted by Crippen LogP contribution is 2.23. The van der Waals surface area contributed by atoms with Gasteiger partial charge in [-0.3, -0.25) is 4.79 Å². The number of amides is 1. The van der Waals surface area contributed by atoms with Gasteiger partial charge in [0.1, 0.15) is 0 Å². The Kier molecular flexibility index (Phi) is 7.33. The second-order valence-electron chi connectivity index (χ2n) is 7.32. The van der Waals surface area contributed by atoms with E-state index in [9.17, 15) is 21.6 Å². The lowest BCUT2D eigenvalue weighted by molar-refractivity contribution is -0.122. The number of ether oxygens (including phenoxy) is 1. The van der Waals surface area contributed by atoms with E-state index in [-0.39, 0.29) is 11.4 Å². The van der Waals surface area contributed by atoms with Crippen molar-refractivity contribution in [1.29, 1.82) is 0 Å². The molecule has 0 aliphatic carbocycles. The Morgan fingerprint density at radius 2 is 2.06 bits per heavy atom. The van der Waals surface area contributed by atoms with Crippen molar-refractivity contribution in [2.75, 3.05) is 32.6 Å². The number of benzene rings is 1. The number of thiazole rings is 1. The van der Waals surface area contributed by atoms with Gasteiger partial charge < -0.3 is 9.30 Å². The topological polar surface area (TPSA) is 141 Å². The molecule has 0 saturated carbocycles. The van der Waals surface area contributed by atoms with Crippen LogP contribution in [0.1, 0.15) is 19.8 Å². The number of sulfonamides is 2. The molecule has 1 fully saturated rings. The van der Waals surface area contributed by atoms with Crippen LogP contribution in [0.25, 0.3) is 10.2 Å². The summed E-state index contributed by atoms with van der Waals surface area (Å²) in [6.07, 6.45) is 2.29. The van der Waals surface area contributed by atoms with Crippen LogP contribution in [0.15, 0.2) is 28.1 Å². The van der Waals surface area contributed by atoms with Gasteiger partial charge >= 0.3 is 0 Å². The van der Waals surface area contributed by atoms with Crippen LogP contribution in [0.3, 0.4) is 0 Å². The molecule has 1 atom stereocenters. The lowest BCUT2D eigenvalue weighted by Gasteiger charge is -2.28. The lowest BCUT2D eigenvalue weighted by atomic mass is 9.99. The van der Waals surface area contributed by atoms with Crippen molar-refractivity contribution in [1.82, 2.24) is 8.87 Å². The average molecular weight is 491 g/mol. The third kappa shape index (κ3) is 5.79.